The summed E-state index contributed by atoms with van der Waals surface area (Å²) in [4.78, 5) is 37.6. The van der Waals surface area contributed by atoms with Crippen LogP contribution < -0.4 is 16.0 Å². The van der Waals surface area contributed by atoms with E-state index in [1.165, 1.54) is 6.92 Å². The second-order valence-corrected chi connectivity index (χ2v) is 6.10. The van der Waals surface area contributed by atoms with Gasteiger partial charge in [0.2, 0.25) is 0 Å². The van der Waals surface area contributed by atoms with Crippen molar-refractivity contribution in [2.75, 3.05) is 19.0 Å². The zero-order valence-electron chi connectivity index (χ0n) is 12.3. The number of carbonyl (C=O) groups excluding carboxylic acids is 1. The van der Waals surface area contributed by atoms with Gasteiger partial charge in [0.05, 0.1) is 6.10 Å². The summed E-state index contributed by atoms with van der Waals surface area (Å²) in [6.07, 6.45) is -2.78. The Morgan fingerprint density at radius 1 is 1.30 bits per heavy atom. The molecule has 0 fully saturated rings. The van der Waals surface area contributed by atoms with Crippen LogP contribution in [0.4, 0.5) is 0 Å². The molecule has 1 heterocycles. The number of nitrogens with one attached hydrogen (secondary N) is 2. The van der Waals surface area contributed by atoms with Crippen molar-refractivity contribution in [1.29, 1.82) is 0 Å². The number of aliphatic hydroxyl groups is 3. The van der Waals surface area contributed by atoms with Crippen LogP contribution in [0.5, 0.6) is 5.88 Å². The molecule has 0 aliphatic rings. The van der Waals surface area contributed by atoms with Crippen molar-refractivity contribution in [1.82, 2.24) is 9.97 Å². The van der Waals surface area contributed by atoms with Crippen LogP contribution in [-0.4, -0.2) is 66.8 Å². The lowest BCUT2D eigenvalue weighted by atomic mass is 10.1. The van der Waals surface area contributed by atoms with E-state index in [4.69, 9.17) is 9.84 Å². The number of aliphatic hydroxyl groups excluding tert-OH is 3. The first-order valence-corrected chi connectivity index (χ1v) is 7.92. The van der Waals surface area contributed by atoms with Gasteiger partial charge in [0.15, 0.2) is 11.5 Å². The second-order valence-electron chi connectivity index (χ2n) is 4.72. The normalized spacial score (nSPS) is 15.0. The summed E-state index contributed by atoms with van der Waals surface area (Å²) in [6, 6.07) is 0. The van der Waals surface area contributed by atoms with Gasteiger partial charge in [-0.2, -0.15) is 0 Å². The number of hydrogen-bond donors (Lipinski definition) is 5. The lowest BCUT2D eigenvalue weighted by Crippen LogP contribution is -2.35. The van der Waals surface area contributed by atoms with Crippen molar-refractivity contribution in [2.45, 2.75) is 30.4 Å². The first-order chi connectivity index (χ1) is 10.8. The van der Waals surface area contributed by atoms with Crippen LogP contribution in [0.1, 0.15) is 13.3 Å². The lowest BCUT2D eigenvalue weighted by molar-refractivity contribution is -0.114. The molecule has 1 rings (SSSR count). The van der Waals surface area contributed by atoms with Gasteiger partial charge in [-0.3, -0.25) is 19.6 Å². The molecule has 0 amide bonds. The number of aromatic amines is 2. The van der Waals surface area contributed by atoms with E-state index in [1.54, 1.807) is 0 Å². The molecule has 0 spiro atoms. The van der Waals surface area contributed by atoms with E-state index in [0.29, 0.717) is 0 Å². The molecule has 23 heavy (non-hydrogen) atoms. The summed E-state index contributed by atoms with van der Waals surface area (Å²) in [6.45, 7) is 0.312. The first kappa shape index (κ1) is 19.4. The van der Waals surface area contributed by atoms with Crippen LogP contribution in [0.2, 0.25) is 0 Å². The molecule has 0 saturated heterocycles. The van der Waals surface area contributed by atoms with E-state index >= 15 is 0 Å². The highest BCUT2D eigenvalue weighted by Gasteiger charge is 2.26. The third-order valence-corrected chi connectivity index (χ3v) is 4.19. The Morgan fingerprint density at radius 3 is 2.52 bits per heavy atom. The summed E-state index contributed by atoms with van der Waals surface area (Å²) in [7, 11) is 0. The number of aromatic nitrogens is 2. The summed E-state index contributed by atoms with van der Waals surface area (Å²) >= 11 is -2.05. The summed E-state index contributed by atoms with van der Waals surface area (Å²) in [5.74, 6) is -1.33. The molecule has 0 aliphatic carbocycles. The van der Waals surface area contributed by atoms with Gasteiger partial charge in [0, 0.05) is 17.8 Å². The molecule has 10 nitrogen and oxygen atoms in total. The molecule has 0 bridgehead atoms. The highest BCUT2D eigenvalue weighted by atomic mass is 32.2. The van der Waals surface area contributed by atoms with Crippen molar-refractivity contribution in [3.05, 3.63) is 20.8 Å². The van der Waals surface area contributed by atoms with Gasteiger partial charge < -0.3 is 24.6 Å². The van der Waals surface area contributed by atoms with Gasteiger partial charge >= 0.3 is 11.2 Å². The SMILES string of the molecule is CC(=O)C[S+]([O-])c1c(OC[C@H](O)[C@H](O)CCO)[nH]c(=O)[nH]c1=O. The van der Waals surface area contributed by atoms with Crippen molar-refractivity contribution in [2.24, 2.45) is 0 Å². The minimum atomic E-state index is -2.05. The molecule has 3 atom stereocenters. The van der Waals surface area contributed by atoms with Gasteiger partial charge in [-0.05, 0) is 13.3 Å². The molecule has 0 aromatic carbocycles. The Labute approximate surface area is 133 Å². The number of hydrogen-bond acceptors (Lipinski definition) is 8. The Bertz CT molecular complexity index is 643. The quantitative estimate of drug-likeness (QED) is 0.297. The van der Waals surface area contributed by atoms with Gasteiger partial charge in [0.1, 0.15) is 12.7 Å². The Balaban J connectivity index is 2.99. The lowest BCUT2D eigenvalue weighted by Gasteiger charge is -2.18. The molecule has 130 valence electrons. The zero-order chi connectivity index (χ0) is 17.6. The molecule has 1 aromatic heterocycles. The number of Topliss-reactive ketones (excluding diaryl/α,β-unsaturated/α-hetero) is 1. The Hall–Kier alpha value is -1.66. The minimum Gasteiger partial charge on any atom is -0.611 e. The average Bonchev–Trinajstić information content (AvgIpc) is 2.43. The number of H-pyrrole nitrogens is 2. The fraction of sp³-hybridized carbons (Fsp3) is 0.583. The fourth-order valence-electron chi connectivity index (χ4n) is 1.62. The Kier molecular flexibility index (Phi) is 7.45. The molecule has 0 radical (unpaired) electrons. The summed E-state index contributed by atoms with van der Waals surface area (Å²) < 4.78 is 17.1. The molecule has 0 aliphatic heterocycles. The van der Waals surface area contributed by atoms with Crippen molar-refractivity contribution in [3.8, 4) is 5.88 Å². The third-order valence-electron chi connectivity index (χ3n) is 2.70. The van der Waals surface area contributed by atoms with E-state index in [-0.39, 0.29) is 13.0 Å². The molecule has 1 aromatic rings. The van der Waals surface area contributed by atoms with Gasteiger partial charge in [-0.1, -0.05) is 0 Å². The van der Waals surface area contributed by atoms with E-state index < -0.39 is 63.6 Å². The van der Waals surface area contributed by atoms with Crippen molar-refractivity contribution in [3.63, 3.8) is 0 Å². The van der Waals surface area contributed by atoms with E-state index in [0.717, 1.165) is 0 Å². The molecule has 11 heteroatoms. The summed E-state index contributed by atoms with van der Waals surface area (Å²) in [5.41, 5.74) is -1.90. The van der Waals surface area contributed by atoms with Gasteiger partial charge in [0.25, 0.3) is 10.8 Å². The first-order valence-electron chi connectivity index (χ1n) is 6.60. The van der Waals surface area contributed by atoms with Crippen LogP contribution in [0.15, 0.2) is 14.5 Å². The number of ketones is 1. The van der Waals surface area contributed by atoms with E-state index in [9.17, 15) is 29.1 Å². The van der Waals surface area contributed by atoms with Crippen molar-refractivity contribution < 1.29 is 29.4 Å². The highest BCUT2D eigenvalue weighted by molar-refractivity contribution is 7.92. The van der Waals surface area contributed by atoms with Crippen LogP contribution in [-0.2, 0) is 16.0 Å². The van der Waals surface area contributed by atoms with Crippen LogP contribution >= 0.6 is 0 Å². The standard InChI is InChI=1S/C12H18N2O8S/c1-6(16)5-23(21)9-10(19)13-12(20)14-11(9)22-4-8(18)7(17)2-3-15/h7-8,15,17-18H,2-5H2,1H3,(H2,13,14,19,20)/t7-,8+,23?/m1/s1. The maximum absolute atomic E-state index is 12.0. The average molecular weight is 350 g/mol. The molecular weight excluding hydrogens is 332 g/mol. The predicted molar refractivity (Wildman–Crippen MR) is 78.9 cm³/mol. The minimum absolute atomic E-state index is 0.0977. The smallest absolute Gasteiger partial charge is 0.328 e. The predicted octanol–water partition coefficient (Wildman–Crippen LogP) is -2.76. The van der Waals surface area contributed by atoms with Gasteiger partial charge in [-0.25, -0.2) is 4.79 Å². The molecule has 1 unspecified atom stereocenters. The second kappa shape index (κ2) is 8.84. The Morgan fingerprint density at radius 2 is 1.96 bits per heavy atom. The highest BCUT2D eigenvalue weighted by Crippen LogP contribution is 2.17. The molecular formula is C12H18N2O8S. The van der Waals surface area contributed by atoms with Crippen LogP contribution in [0.25, 0.3) is 0 Å². The maximum Gasteiger partial charge on any atom is 0.328 e. The zero-order valence-corrected chi connectivity index (χ0v) is 13.1. The van der Waals surface area contributed by atoms with Gasteiger partial charge in [-0.15, -0.1) is 0 Å². The van der Waals surface area contributed by atoms with E-state index in [1.807, 2.05) is 4.98 Å². The third kappa shape index (κ3) is 5.80. The topological polar surface area (TPSA) is 176 Å². The number of rotatable bonds is 9. The van der Waals surface area contributed by atoms with Crippen LogP contribution in [0, 0.1) is 0 Å². The van der Waals surface area contributed by atoms with Crippen LogP contribution in [0.3, 0.4) is 0 Å². The van der Waals surface area contributed by atoms with Crippen molar-refractivity contribution >= 4 is 17.0 Å². The maximum atomic E-state index is 12.0. The largest absolute Gasteiger partial charge is 0.611 e. The molecule has 0 saturated carbocycles. The van der Waals surface area contributed by atoms with E-state index in [2.05, 4.69) is 4.98 Å². The number of ether oxygens (including phenoxy) is 1. The molecule has 5 N–H and O–H groups in total. The monoisotopic (exact) mass is 350 g/mol. The number of carbonyl (C=O) groups is 1. The summed E-state index contributed by atoms with van der Waals surface area (Å²) in [5, 5.41) is 27.8. The fourth-order valence-corrected chi connectivity index (χ4v) is 2.71.